The third-order valence-electron chi connectivity index (χ3n) is 7.51. The van der Waals surface area contributed by atoms with Crippen molar-refractivity contribution in [2.24, 2.45) is 10.7 Å². The van der Waals surface area contributed by atoms with E-state index in [9.17, 15) is 14.3 Å². The Kier molecular flexibility index (Phi) is 7.69. The summed E-state index contributed by atoms with van der Waals surface area (Å²) >= 11 is 0. The fraction of sp³-hybridized carbons (Fsp3) is 0.448. The Balaban J connectivity index is 1.63. The molecule has 38 heavy (non-hydrogen) atoms. The number of benzene rings is 2. The van der Waals surface area contributed by atoms with Crippen molar-refractivity contribution in [3.05, 3.63) is 65.5 Å². The van der Waals surface area contributed by atoms with Gasteiger partial charge in [0.2, 0.25) is 5.91 Å². The van der Waals surface area contributed by atoms with Crippen LogP contribution in [0.5, 0.6) is 11.5 Å². The van der Waals surface area contributed by atoms with Gasteiger partial charge < -0.3 is 25.6 Å². The van der Waals surface area contributed by atoms with E-state index in [0.29, 0.717) is 35.8 Å². The average Bonchev–Trinajstić information content (AvgIpc) is 2.88. The SMILES string of the molecule is C=C(NC1c2cc(F)ccc2OCC1(C)O)c1ccc(OCC)c(CN2C(=O)CC(CC)(CC)N=C2N)c1. The highest BCUT2D eigenvalue weighted by Crippen LogP contribution is 2.39. The first kappa shape index (κ1) is 27.4. The van der Waals surface area contributed by atoms with Crippen LogP contribution in [0, 0.1) is 5.82 Å². The lowest BCUT2D eigenvalue weighted by atomic mass is 9.87. The van der Waals surface area contributed by atoms with Gasteiger partial charge in [-0.1, -0.05) is 20.4 Å². The van der Waals surface area contributed by atoms with E-state index in [1.54, 1.807) is 13.0 Å². The number of hydrogen-bond donors (Lipinski definition) is 3. The Morgan fingerprint density at radius 3 is 2.68 bits per heavy atom. The van der Waals surface area contributed by atoms with Crippen LogP contribution in [-0.2, 0) is 11.3 Å². The second-order valence-electron chi connectivity index (χ2n) is 10.2. The van der Waals surface area contributed by atoms with E-state index < -0.39 is 23.0 Å². The van der Waals surface area contributed by atoms with Crippen LogP contribution in [0.15, 0.2) is 48.0 Å². The van der Waals surface area contributed by atoms with Crippen LogP contribution in [0.2, 0.25) is 0 Å². The second kappa shape index (κ2) is 10.6. The number of fused-ring (bicyclic) bond motifs is 1. The van der Waals surface area contributed by atoms with Gasteiger partial charge in [-0.3, -0.25) is 9.69 Å². The molecule has 4 N–H and O–H groups in total. The number of amides is 1. The first-order chi connectivity index (χ1) is 18.0. The molecule has 8 nitrogen and oxygen atoms in total. The summed E-state index contributed by atoms with van der Waals surface area (Å²) < 4.78 is 25.6. The summed E-state index contributed by atoms with van der Waals surface area (Å²) in [5, 5.41) is 14.3. The molecule has 2 unspecified atom stereocenters. The Labute approximate surface area is 223 Å². The number of guanidine groups is 1. The predicted octanol–water partition coefficient (Wildman–Crippen LogP) is 4.28. The molecule has 0 aliphatic carbocycles. The number of carbonyl (C=O) groups is 1. The Morgan fingerprint density at radius 1 is 1.29 bits per heavy atom. The summed E-state index contributed by atoms with van der Waals surface area (Å²) in [5.74, 6) is 0.822. The van der Waals surface area contributed by atoms with Gasteiger partial charge in [0.05, 0.1) is 31.2 Å². The topological polar surface area (TPSA) is 109 Å². The maximum Gasteiger partial charge on any atom is 0.232 e. The predicted molar refractivity (Wildman–Crippen MR) is 145 cm³/mol. The minimum atomic E-state index is -1.31. The van der Waals surface area contributed by atoms with Crippen molar-refractivity contribution in [3.63, 3.8) is 0 Å². The molecule has 4 rings (SSSR count). The van der Waals surface area contributed by atoms with E-state index in [2.05, 4.69) is 11.9 Å². The third-order valence-corrected chi connectivity index (χ3v) is 7.51. The number of nitrogens with one attached hydrogen (secondary N) is 1. The molecular formula is C29H37FN4O4. The number of halogens is 1. The van der Waals surface area contributed by atoms with Crippen LogP contribution < -0.4 is 20.5 Å². The van der Waals surface area contributed by atoms with E-state index >= 15 is 0 Å². The Hall–Kier alpha value is -3.59. The quantitative estimate of drug-likeness (QED) is 0.452. The van der Waals surface area contributed by atoms with Crippen LogP contribution in [0.1, 0.15) is 69.7 Å². The van der Waals surface area contributed by atoms with Crippen molar-refractivity contribution in [1.82, 2.24) is 10.2 Å². The van der Waals surface area contributed by atoms with Crippen molar-refractivity contribution in [2.45, 2.75) is 70.7 Å². The molecule has 1 amide bonds. The average molecular weight is 525 g/mol. The largest absolute Gasteiger partial charge is 0.494 e. The first-order valence-electron chi connectivity index (χ1n) is 13.0. The van der Waals surface area contributed by atoms with Gasteiger partial charge in [0.15, 0.2) is 5.96 Å². The third kappa shape index (κ3) is 5.34. The van der Waals surface area contributed by atoms with Gasteiger partial charge in [-0.05, 0) is 68.7 Å². The number of carbonyl (C=O) groups excluding carboxylic acids is 1. The van der Waals surface area contributed by atoms with Crippen molar-refractivity contribution in [2.75, 3.05) is 13.2 Å². The van der Waals surface area contributed by atoms with Crippen LogP contribution >= 0.6 is 0 Å². The zero-order valence-electron chi connectivity index (χ0n) is 22.5. The summed E-state index contributed by atoms with van der Waals surface area (Å²) in [5.41, 5.74) is 7.00. The molecule has 0 aromatic heterocycles. The van der Waals surface area contributed by atoms with Gasteiger partial charge in [0, 0.05) is 16.8 Å². The fourth-order valence-corrected chi connectivity index (χ4v) is 5.04. The lowest BCUT2D eigenvalue weighted by molar-refractivity contribution is -0.130. The zero-order chi connectivity index (χ0) is 27.7. The molecule has 0 radical (unpaired) electrons. The molecule has 2 aliphatic rings. The van der Waals surface area contributed by atoms with E-state index in [1.807, 2.05) is 39.0 Å². The molecule has 2 aromatic rings. The number of aliphatic hydroxyl groups is 1. The molecule has 9 heteroatoms. The lowest BCUT2D eigenvalue weighted by Gasteiger charge is -2.39. The summed E-state index contributed by atoms with van der Waals surface area (Å²) in [4.78, 5) is 19.3. The number of nitrogens with two attached hydrogens (primary N) is 1. The van der Waals surface area contributed by atoms with Crippen LogP contribution in [-0.4, -0.2) is 46.2 Å². The number of nitrogens with zero attached hydrogens (tertiary/aromatic N) is 2. The molecule has 0 fully saturated rings. The highest BCUT2D eigenvalue weighted by atomic mass is 19.1. The molecule has 2 heterocycles. The zero-order valence-corrected chi connectivity index (χ0v) is 22.5. The van der Waals surface area contributed by atoms with Crippen LogP contribution in [0.25, 0.3) is 5.70 Å². The van der Waals surface area contributed by atoms with Crippen LogP contribution in [0.4, 0.5) is 4.39 Å². The van der Waals surface area contributed by atoms with E-state index in [4.69, 9.17) is 20.2 Å². The van der Waals surface area contributed by atoms with Gasteiger partial charge in [0.1, 0.15) is 29.5 Å². The highest BCUT2D eigenvalue weighted by molar-refractivity contribution is 5.99. The molecule has 204 valence electrons. The normalized spacial score (nSPS) is 22.3. The molecule has 0 saturated heterocycles. The summed E-state index contributed by atoms with van der Waals surface area (Å²) in [7, 11) is 0. The maximum absolute atomic E-state index is 14.1. The number of rotatable bonds is 9. The first-order valence-corrected chi connectivity index (χ1v) is 13.0. The van der Waals surface area contributed by atoms with Crippen molar-refractivity contribution in [1.29, 1.82) is 0 Å². The highest BCUT2D eigenvalue weighted by Gasteiger charge is 2.40. The monoisotopic (exact) mass is 524 g/mol. The van der Waals surface area contributed by atoms with E-state index in [-0.39, 0.29) is 25.0 Å². The summed E-state index contributed by atoms with van der Waals surface area (Å²) in [6, 6.07) is 9.12. The molecule has 0 saturated carbocycles. The van der Waals surface area contributed by atoms with Gasteiger partial charge in [-0.15, -0.1) is 0 Å². The fourth-order valence-electron chi connectivity index (χ4n) is 5.04. The lowest BCUT2D eigenvalue weighted by Crippen LogP contribution is -2.50. The van der Waals surface area contributed by atoms with E-state index in [1.165, 1.54) is 17.0 Å². The van der Waals surface area contributed by atoms with Gasteiger partial charge >= 0.3 is 0 Å². The molecule has 2 atom stereocenters. The smallest absolute Gasteiger partial charge is 0.232 e. The van der Waals surface area contributed by atoms with Crippen LogP contribution in [0.3, 0.4) is 0 Å². The van der Waals surface area contributed by atoms with Gasteiger partial charge in [-0.25, -0.2) is 9.38 Å². The van der Waals surface area contributed by atoms with Crippen molar-refractivity contribution in [3.8, 4) is 11.5 Å². The van der Waals surface area contributed by atoms with Crippen molar-refractivity contribution < 1.29 is 23.8 Å². The molecule has 2 aliphatic heterocycles. The number of hydrogen-bond acceptors (Lipinski definition) is 7. The second-order valence-corrected chi connectivity index (χ2v) is 10.2. The number of aliphatic imine (C=N–C) groups is 1. The van der Waals surface area contributed by atoms with Crippen molar-refractivity contribution >= 4 is 17.6 Å². The Bertz CT molecular complexity index is 1260. The maximum atomic E-state index is 14.1. The van der Waals surface area contributed by atoms with E-state index in [0.717, 1.165) is 24.0 Å². The summed E-state index contributed by atoms with van der Waals surface area (Å²) in [6.45, 7) is 12.4. The Morgan fingerprint density at radius 2 is 2.03 bits per heavy atom. The summed E-state index contributed by atoms with van der Waals surface area (Å²) in [6.07, 6.45) is 1.77. The molecule has 0 bridgehead atoms. The minimum absolute atomic E-state index is 0.0395. The molecular weight excluding hydrogens is 487 g/mol. The van der Waals surface area contributed by atoms with Gasteiger partial charge in [0.25, 0.3) is 0 Å². The number of ether oxygens (including phenoxy) is 2. The minimum Gasteiger partial charge on any atom is -0.494 e. The molecule has 0 spiro atoms. The van der Waals surface area contributed by atoms with Gasteiger partial charge in [-0.2, -0.15) is 0 Å². The standard InChI is InChI=1S/C29H37FN4O4/c1-6-29(7-2)15-25(35)34(27(31)33-29)16-20-13-19(9-11-23(20)37-8-3)18(4)32-26-22-14-21(30)10-12-24(22)38-17-28(26,5)36/h9-14,26,32,36H,4,6-8,15-17H2,1-3,5H3,(H2,31,33). The molecule has 2 aromatic carbocycles.